The first kappa shape index (κ1) is 17.3. The van der Waals surface area contributed by atoms with Crippen molar-refractivity contribution in [2.24, 2.45) is 5.92 Å². The van der Waals surface area contributed by atoms with E-state index in [-0.39, 0.29) is 36.1 Å². The van der Waals surface area contributed by atoms with E-state index in [0.717, 1.165) is 43.4 Å². The summed E-state index contributed by atoms with van der Waals surface area (Å²) in [5.41, 5.74) is 0.832. The number of halogens is 1. The van der Waals surface area contributed by atoms with Crippen LogP contribution in [0.2, 0.25) is 0 Å². The van der Waals surface area contributed by atoms with Gasteiger partial charge in [0.05, 0.1) is 12.6 Å². The third-order valence-corrected chi connectivity index (χ3v) is 5.92. The van der Waals surface area contributed by atoms with Gasteiger partial charge in [0.1, 0.15) is 5.82 Å². The Morgan fingerprint density at radius 3 is 2.75 bits per heavy atom. The van der Waals surface area contributed by atoms with E-state index in [1.165, 1.54) is 24.2 Å². The summed E-state index contributed by atoms with van der Waals surface area (Å²) >= 11 is 1.49. The lowest BCUT2D eigenvalue weighted by atomic mass is 9.89. The molecule has 1 aromatic carbocycles. The van der Waals surface area contributed by atoms with E-state index in [0.29, 0.717) is 4.90 Å². The normalized spacial score (nSPS) is 21.0. The molecule has 3 rings (SSSR count). The summed E-state index contributed by atoms with van der Waals surface area (Å²) in [6, 6.07) is 4.79. The fraction of sp³-hybridized carbons (Fsp3) is 0.556. The molecule has 1 aliphatic carbocycles. The van der Waals surface area contributed by atoms with Crippen LogP contribution in [0.3, 0.4) is 0 Å². The number of hydrogen-bond acceptors (Lipinski definition) is 3. The maximum absolute atomic E-state index is 13.9. The summed E-state index contributed by atoms with van der Waals surface area (Å²) in [5, 5.41) is 5.67. The molecule has 2 amide bonds. The molecule has 1 unspecified atom stereocenters. The van der Waals surface area contributed by atoms with Gasteiger partial charge in [-0.3, -0.25) is 9.59 Å². The minimum atomic E-state index is -0.234. The minimum Gasteiger partial charge on any atom is -0.348 e. The first-order chi connectivity index (χ1) is 11.6. The number of benzene rings is 1. The van der Waals surface area contributed by atoms with Crippen LogP contribution in [0.1, 0.15) is 50.1 Å². The summed E-state index contributed by atoms with van der Waals surface area (Å²) < 4.78 is 13.9. The third kappa shape index (κ3) is 4.09. The predicted octanol–water partition coefficient (Wildman–Crippen LogP) is 3.18. The van der Waals surface area contributed by atoms with E-state index in [2.05, 4.69) is 10.6 Å². The van der Waals surface area contributed by atoms with Crippen LogP contribution < -0.4 is 10.6 Å². The van der Waals surface area contributed by atoms with Gasteiger partial charge < -0.3 is 10.6 Å². The van der Waals surface area contributed by atoms with Gasteiger partial charge in [0, 0.05) is 16.6 Å². The van der Waals surface area contributed by atoms with E-state index in [1.54, 1.807) is 6.07 Å². The number of thioether (sulfide) groups is 1. The number of amides is 2. The number of carbonyl (C=O) groups is 2. The monoisotopic (exact) mass is 350 g/mol. The van der Waals surface area contributed by atoms with Crippen LogP contribution in [-0.4, -0.2) is 24.1 Å². The summed E-state index contributed by atoms with van der Waals surface area (Å²) in [7, 11) is 0. The summed E-state index contributed by atoms with van der Waals surface area (Å²) in [6.07, 6.45) is 5.97. The second-order valence-electron chi connectivity index (χ2n) is 6.47. The van der Waals surface area contributed by atoms with Crippen LogP contribution in [0.4, 0.5) is 4.39 Å². The second-order valence-corrected chi connectivity index (χ2v) is 7.57. The van der Waals surface area contributed by atoms with Crippen molar-refractivity contribution in [3.63, 3.8) is 0 Å². The highest BCUT2D eigenvalue weighted by atomic mass is 32.2. The number of carbonyl (C=O) groups excluding carboxylic acids is 2. The van der Waals surface area contributed by atoms with Gasteiger partial charge in [-0.25, -0.2) is 4.39 Å². The molecule has 1 saturated carbocycles. The molecule has 2 N–H and O–H groups in total. The summed E-state index contributed by atoms with van der Waals surface area (Å²) in [4.78, 5) is 24.9. The van der Waals surface area contributed by atoms with Crippen molar-refractivity contribution in [2.75, 3.05) is 12.3 Å². The maximum Gasteiger partial charge on any atom is 0.239 e. The van der Waals surface area contributed by atoms with Crippen LogP contribution in [0.25, 0.3) is 0 Å². The van der Waals surface area contributed by atoms with E-state index in [1.807, 2.05) is 6.07 Å². The minimum absolute atomic E-state index is 0.0103. The molecule has 4 nitrogen and oxygen atoms in total. The van der Waals surface area contributed by atoms with Gasteiger partial charge in [-0.1, -0.05) is 31.4 Å². The molecule has 0 radical (unpaired) electrons. The molecule has 0 aromatic heterocycles. The topological polar surface area (TPSA) is 58.2 Å². The van der Waals surface area contributed by atoms with Crippen molar-refractivity contribution < 1.29 is 14.0 Å². The highest BCUT2D eigenvalue weighted by Gasteiger charge is 2.25. The largest absolute Gasteiger partial charge is 0.348 e. The lowest BCUT2D eigenvalue weighted by Crippen LogP contribution is -2.41. The zero-order valence-corrected chi connectivity index (χ0v) is 14.5. The van der Waals surface area contributed by atoms with E-state index < -0.39 is 0 Å². The van der Waals surface area contributed by atoms with Crippen molar-refractivity contribution in [1.82, 2.24) is 10.6 Å². The van der Waals surface area contributed by atoms with Gasteiger partial charge in [0.25, 0.3) is 0 Å². The molecule has 6 heteroatoms. The Hall–Kier alpha value is -1.56. The highest BCUT2D eigenvalue weighted by molar-refractivity contribution is 7.99. The highest BCUT2D eigenvalue weighted by Crippen LogP contribution is 2.37. The standard InChI is InChI=1S/C18H23FN2O2S/c19-14-8-4-7-13-15(9-10-24-17(13)14)21-16(22)11-20-18(23)12-5-2-1-3-6-12/h4,7-8,12,15H,1-3,5-6,9-11H2,(H,20,23)(H,21,22). The molecular weight excluding hydrogens is 327 g/mol. The fourth-order valence-corrected chi connectivity index (χ4v) is 4.60. The van der Waals surface area contributed by atoms with Gasteiger partial charge in [-0.2, -0.15) is 0 Å². The van der Waals surface area contributed by atoms with E-state index in [9.17, 15) is 14.0 Å². The smallest absolute Gasteiger partial charge is 0.239 e. The Kier molecular flexibility index (Phi) is 5.76. The van der Waals surface area contributed by atoms with Crippen LogP contribution >= 0.6 is 11.8 Å². The summed E-state index contributed by atoms with van der Waals surface area (Å²) in [5.74, 6) is 0.351. The lowest BCUT2D eigenvalue weighted by molar-refractivity contribution is -0.129. The SMILES string of the molecule is O=C(CNC(=O)C1CCCCC1)NC1CCSc2c(F)cccc21. The number of hydrogen-bond donors (Lipinski definition) is 2. The molecule has 130 valence electrons. The second kappa shape index (κ2) is 8.01. The molecule has 0 saturated heterocycles. The molecule has 2 aliphatic rings. The molecule has 0 bridgehead atoms. The zero-order chi connectivity index (χ0) is 16.9. The average Bonchev–Trinajstić information content (AvgIpc) is 2.61. The van der Waals surface area contributed by atoms with Gasteiger partial charge >= 0.3 is 0 Å². The Morgan fingerprint density at radius 2 is 1.96 bits per heavy atom. The zero-order valence-electron chi connectivity index (χ0n) is 13.6. The fourth-order valence-electron chi connectivity index (χ4n) is 3.46. The first-order valence-electron chi connectivity index (χ1n) is 8.63. The van der Waals surface area contributed by atoms with Gasteiger partial charge in [0.2, 0.25) is 11.8 Å². The van der Waals surface area contributed by atoms with Crippen LogP contribution in [0, 0.1) is 11.7 Å². The van der Waals surface area contributed by atoms with Crippen molar-refractivity contribution >= 4 is 23.6 Å². The van der Waals surface area contributed by atoms with Crippen molar-refractivity contribution in [3.8, 4) is 0 Å². The molecule has 24 heavy (non-hydrogen) atoms. The summed E-state index contributed by atoms with van der Waals surface area (Å²) in [6.45, 7) is -0.0103. The Morgan fingerprint density at radius 1 is 1.17 bits per heavy atom. The molecule has 1 heterocycles. The molecule has 1 atom stereocenters. The number of fused-ring (bicyclic) bond motifs is 1. The average molecular weight is 350 g/mol. The van der Waals surface area contributed by atoms with Gasteiger partial charge in [-0.15, -0.1) is 11.8 Å². The molecule has 1 aliphatic heterocycles. The molecular formula is C18H23FN2O2S. The molecule has 0 spiro atoms. The molecule has 1 fully saturated rings. The van der Waals surface area contributed by atoms with E-state index in [4.69, 9.17) is 0 Å². The first-order valence-corrected chi connectivity index (χ1v) is 9.62. The van der Waals surface area contributed by atoms with Crippen molar-refractivity contribution in [2.45, 2.75) is 49.5 Å². The van der Waals surface area contributed by atoms with Gasteiger partial charge in [-0.05, 0) is 30.9 Å². The van der Waals surface area contributed by atoms with Crippen LogP contribution in [0.5, 0.6) is 0 Å². The van der Waals surface area contributed by atoms with Crippen LogP contribution in [-0.2, 0) is 9.59 Å². The molecule has 1 aromatic rings. The Bertz CT molecular complexity index is 617. The quantitative estimate of drug-likeness (QED) is 0.877. The third-order valence-electron chi connectivity index (χ3n) is 4.76. The van der Waals surface area contributed by atoms with E-state index >= 15 is 0 Å². The Balaban J connectivity index is 1.52. The van der Waals surface area contributed by atoms with Gasteiger partial charge in [0.15, 0.2) is 0 Å². The van der Waals surface area contributed by atoms with Crippen LogP contribution in [0.15, 0.2) is 23.1 Å². The Labute approximate surface area is 146 Å². The van der Waals surface area contributed by atoms with Crippen molar-refractivity contribution in [1.29, 1.82) is 0 Å². The number of nitrogens with one attached hydrogen (secondary N) is 2. The lowest BCUT2D eigenvalue weighted by Gasteiger charge is -2.26. The maximum atomic E-state index is 13.9. The van der Waals surface area contributed by atoms with Crippen molar-refractivity contribution in [3.05, 3.63) is 29.6 Å². The predicted molar refractivity (Wildman–Crippen MR) is 92.2 cm³/mol. The number of rotatable bonds is 4.